The molecule has 1 heterocycles. The van der Waals surface area contributed by atoms with Crippen LogP contribution >= 0.6 is 11.8 Å². The summed E-state index contributed by atoms with van der Waals surface area (Å²) in [5.74, 6) is 0.451. The Morgan fingerprint density at radius 3 is 2.63 bits per heavy atom. The molecule has 1 aliphatic carbocycles. The van der Waals surface area contributed by atoms with Gasteiger partial charge in [0.05, 0.1) is 12.0 Å². The van der Waals surface area contributed by atoms with Gasteiger partial charge in [-0.25, -0.2) is 4.98 Å². The van der Waals surface area contributed by atoms with E-state index < -0.39 is 0 Å². The second kappa shape index (κ2) is 6.31. The molecule has 0 aliphatic heterocycles. The Labute approximate surface area is 121 Å². The molecule has 1 aromatic rings. The summed E-state index contributed by atoms with van der Waals surface area (Å²) >= 11 is 2.03. The Kier molecular flexibility index (Phi) is 4.96. The van der Waals surface area contributed by atoms with Crippen molar-refractivity contribution < 1.29 is 0 Å². The van der Waals surface area contributed by atoms with Crippen LogP contribution in [-0.2, 0) is 6.54 Å². The van der Waals surface area contributed by atoms with E-state index >= 15 is 0 Å². The molecule has 0 amide bonds. The molecule has 0 aromatic carbocycles. The predicted octanol–water partition coefficient (Wildman–Crippen LogP) is 3.60. The molecule has 0 bridgehead atoms. The molecular weight excluding hydrogens is 254 g/mol. The van der Waals surface area contributed by atoms with Crippen molar-refractivity contribution in [2.24, 2.45) is 11.7 Å². The summed E-state index contributed by atoms with van der Waals surface area (Å²) in [5, 5.41) is 0. The Morgan fingerprint density at radius 1 is 1.37 bits per heavy atom. The van der Waals surface area contributed by atoms with Gasteiger partial charge in [0.1, 0.15) is 0 Å². The number of aromatic nitrogens is 2. The van der Waals surface area contributed by atoms with Gasteiger partial charge in [0.25, 0.3) is 0 Å². The summed E-state index contributed by atoms with van der Waals surface area (Å²) in [4.78, 5) is 4.33. The van der Waals surface area contributed by atoms with Gasteiger partial charge in [-0.3, -0.25) is 0 Å². The highest BCUT2D eigenvalue weighted by Gasteiger charge is 2.32. The summed E-state index contributed by atoms with van der Waals surface area (Å²) in [5.41, 5.74) is 7.49. The van der Waals surface area contributed by atoms with Gasteiger partial charge in [-0.15, -0.1) is 0 Å². The predicted molar refractivity (Wildman–Crippen MR) is 83.3 cm³/mol. The number of imidazole rings is 1. The van der Waals surface area contributed by atoms with E-state index in [1.54, 1.807) is 0 Å². The van der Waals surface area contributed by atoms with Crippen LogP contribution in [0.1, 0.15) is 57.7 Å². The maximum Gasteiger partial charge on any atom is 0.0949 e. The van der Waals surface area contributed by atoms with Crippen LogP contribution in [0.15, 0.2) is 12.5 Å². The standard InChI is InChI=1S/C15H27N3S/c1-12(2)14(16)13-9-17-11-18(13)10-15(19-3)7-5-4-6-8-15/h9,11-12,14H,4-8,10,16H2,1-3H3. The minimum absolute atomic E-state index is 0.0880. The second-order valence-corrected chi connectivity index (χ2v) is 7.44. The maximum absolute atomic E-state index is 6.31. The van der Waals surface area contributed by atoms with Crippen LogP contribution < -0.4 is 5.73 Å². The van der Waals surface area contributed by atoms with Crippen LogP contribution in [0, 0.1) is 5.92 Å². The monoisotopic (exact) mass is 281 g/mol. The Hall–Kier alpha value is -0.480. The molecule has 2 N–H and O–H groups in total. The third kappa shape index (κ3) is 3.34. The lowest BCUT2D eigenvalue weighted by molar-refractivity contribution is 0.348. The first kappa shape index (κ1) is 14.9. The van der Waals surface area contributed by atoms with Gasteiger partial charge in [-0.2, -0.15) is 11.8 Å². The Bertz CT molecular complexity index is 394. The van der Waals surface area contributed by atoms with Crippen molar-refractivity contribution in [3.63, 3.8) is 0 Å². The number of hydrogen-bond acceptors (Lipinski definition) is 3. The van der Waals surface area contributed by atoms with Gasteiger partial charge in [-0.05, 0) is 25.0 Å². The lowest BCUT2D eigenvalue weighted by Gasteiger charge is -2.37. The molecule has 0 saturated heterocycles. The molecule has 0 spiro atoms. The number of nitrogens with two attached hydrogens (primary N) is 1. The van der Waals surface area contributed by atoms with Crippen LogP contribution in [0.5, 0.6) is 0 Å². The van der Waals surface area contributed by atoms with Crippen LogP contribution in [0.2, 0.25) is 0 Å². The maximum atomic E-state index is 6.31. The molecule has 1 saturated carbocycles. The highest BCUT2D eigenvalue weighted by Crippen LogP contribution is 2.40. The van der Waals surface area contributed by atoms with Gasteiger partial charge in [0.2, 0.25) is 0 Å². The SMILES string of the molecule is CSC1(Cn2cncc2C(N)C(C)C)CCCCC1. The van der Waals surface area contributed by atoms with Gasteiger partial charge in [0, 0.05) is 23.5 Å². The molecule has 1 aliphatic rings. The normalized spacial score (nSPS) is 20.7. The summed E-state index contributed by atoms with van der Waals surface area (Å²) < 4.78 is 2.69. The molecule has 19 heavy (non-hydrogen) atoms. The van der Waals surface area contributed by atoms with Crippen LogP contribution in [0.3, 0.4) is 0 Å². The highest BCUT2D eigenvalue weighted by molar-refractivity contribution is 8.00. The quantitative estimate of drug-likeness (QED) is 0.896. The van der Waals surface area contributed by atoms with Crippen LogP contribution in [0.25, 0.3) is 0 Å². The van der Waals surface area contributed by atoms with E-state index in [4.69, 9.17) is 5.73 Å². The molecule has 1 fully saturated rings. The van der Waals surface area contributed by atoms with Gasteiger partial charge in [0.15, 0.2) is 0 Å². The fraction of sp³-hybridized carbons (Fsp3) is 0.800. The summed E-state index contributed by atoms with van der Waals surface area (Å²) in [7, 11) is 0. The van der Waals surface area contributed by atoms with Crippen LogP contribution in [0.4, 0.5) is 0 Å². The fourth-order valence-corrected chi connectivity index (χ4v) is 3.98. The molecule has 4 heteroatoms. The number of nitrogens with zero attached hydrogens (tertiary/aromatic N) is 2. The molecule has 2 rings (SSSR count). The van der Waals surface area contributed by atoms with E-state index in [1.165, 1.54) is 37.8 Å². The van der Waals surface area contributed by atoms with E-state index in [0.29, 0.717) is 10.7 Å². The molecule has 108 valence electrons. The largest absolute Gasteiger partial charge is 0.332 e. The first-order valence-electron chi connectivity index (χ1n) is 7.39. The summed E-state index contributed by atoms with van der Waals surface area (Å²) in [6.45, 7) is 5.41. The van der Waals surface area contributed by atoms with Crippen molar-refractivity contribution in [2.45, 2.75) is 63.3 Å². The average molecular weight is 281 g/mol. The van der Waals surface area contributed by atoms with E-state index in [9.17, 15) is 0 Å². The molecule has 1 atom stereocenters. The molecule has 1 unspecified atom stereocenters. The zero-order valence-corrected chi connectivity index (χ0v) is 13.2. The highest BCUT2D eigenvalue weighted by atomic mass is 32.2. The van der Waals surface area contributed by atoms with Gasteiger partial charge in [-0.1, -0.05) is 33.1 Å². The van der Waals surface area contributed by atoms with E-state index in [0.717, 1.165) is 6.54 Å². The Balaban J connectivity index is 2.16. The van der Waals surface area contributed by atoms with Gasteiger partial charge < -0.3 is 10.3 Å². The lowest BCUT2D eigenvalue weighted by Crippen LogP contribution is -2.34. The minimum atomic E-state index is 0.0880. The lowest BCUT2D eigenvalue weighted by atomic mass is 9.88. The van der Waals surface area contributed by atoms with Crippen molar-refractivity contribution in [2.75, 3.05) is 6.26 Å². The number of thioether (sulfide) groups is 1. The Morgan fingerprint density at radius 2 is 2.05 bits per heavy atom. The minimum Gasteiger partial charge on any atom is -0.332 e. The van der Waals surface area contributed by atoms with E-state index in [1.807, 2.05) is 24.3 Å². The van der Waals surface area contributed by atoms with Gasteiger partial charge >= 0.3 is 0 Å². The third-order valence-corrected chi connectivity index (χ3v) is 5.86. The van der Waals surface area contributed by atoms with E-state index in [-0.39, 0.29) is 6.04 Å². The molecule has 3 nitrogen and oxygen atoms in total. The average Bonchev–Trinajstić information content (AvgIpc) is 2.86. The molecule has 0 radical (unpaired) electrons. The summed E-state index contributed by atoms with van der Waals surface area (Å²) in [6, 6.07) is 0.0880. The number of hydrogen-bond donors (Lipinski definition) is 1. The zero-order valence-electron chi connectivity index (χ0n) is 12.4. The molecular formula is C15H27N3S. The van der Waals surface area contributed by atoms with Crippen molar-refractivity contribution in [1.29, 1.82) is 0 Å². The van der Waals surface area contributed by atoms with Crippen LogP contribution in [-0.4, -0.2) is 20.6 Å². The fourth-order valence-electron chi connectivity index (χ4n) is 3.02. The van der Waals surface area contributed by atoms with E-state index in [2.05, 4.69) is 29.7 Å². The second-order valence-electron chi connectivity index (χ2n) is 6.16. The third-order valence-electron chi connectivity index (χ3n) is 4.46. The number of rotatable bonds is 5. The van der Waals surface area contributed by atoms with Crippen molar-refractivity contribution in [3.05, 3.63) is 18.2 Å². The van der Waals surface area contributed by atoms with Crippen molar-refractivity contribution in [1.82, 2.24) is 9.55 Å². The first-order valence-corrected chi connectivity index (χ1v) is 8.61. The zero-order chi connectivity index (χ0) is 13.9. The first-order chi connectivity index (χ1) is 9.08. The summed E-state index contributed by atoms with van der Waals surface area (Å²) in [6.07, 6.45) is 12.9. The topological polar surface area (TPSA) is 43.8 Å². The molecule has 1 aromatic heterocycles. The smallest absolute Gasteiger partial charge is 0.0949 e. The van der Waals surface area contributed by atoms with Crippen molar-refractivity contribution in [3.8, 4) is 0 Å². The van der Waals surface area contributed by atoms with Crippen molar-refractivity contribution >= 4 is 11.8 Å².